The van der Waals surface area contributed by atoms with Gasteiger partial charge in [0.15, 0.2) is 17.5 Å². The Bertz CT molecular complexity index is 2390. The van der Waals surface area contributed by atoms with Gasteiger partial charge in [-0.05, 0) is 40.5 Å². The number of aromatic nitrogens is 3. The minimum Gasteiger partial charge on any atom is -0.455 e. The van der Waals surface area contributed by atoms with Crippen LogP contribution in [0, 0.1) is 0 Å². The molecule has 4 nitrogen and oxygen atoms in total. The summed E-state index contributed by atoms with van der Waals surface area (Å²) >= 11 is 0. The molecule has 226 valence electrons. The van der Waals surface area contributed by atoms with Crippen LogP contribution < -0.4 is 5.19 Å². The second kappa shape index (κ2) is 11.6. The van der Waals surface area contributed by atoms with E-state index in [4.69, 9.17) is 19.4 Å². The van der Waals surface area contributed by atoms with Gasteiger partial charge >= 0.3 is 0 Å². The highest BCUT2D eigenvalue weighted by atomic mass is 28.3. The molecule has 0 aliphatic rings. The number of nitrogens with zero attached hydrogens (tertiary/aromatic N) is 3. The number of benzene rings is 6. The minimum absolute atomic E-state index is 0.582. The van der Waals surface area contributed by atoms with Crippen molar-refractivity contribution in [2.45, 2.75) is 19.6 Å². The Labute approximate surface area is 275 Å². The molecular formula is C42H33N3OSi. The monoisotopic (exact) mass is 623 g/mol. The van der Waals surface area contributed by atoms with Gasteiger partial charge in [0.05, 0.1) is 13.6 Å². The van der Waals surface area contributed by atoms with Crippen molar-refractivity contribution in [2.75, 3.05) is 0 Å². The summed E-state index contributed by atoms with van der Waals surface area (Å²) in [6.45, 7) is 7.08. The van der Waals surface area contributed by atoms with Crippen molar-refractivity contribution in [1.82, 2.24) is 15.0 Å². The summed E-state index contributed by atoms with van der Waals surface area (Å²) in [5.41, 5.74) is 8.96. The number of fused-ring (bicyclic) bond motifs is 3. The summed E-state index contributed by atoms with van der Waals surface area (Å²) < 4.78 is 6.42. The standard InChI is InChI=1S/C42H33N3OSi/c1-47(2,3)32-25-23-29(24-26-32)40-43-41(45-42(44-40)37-21-12-20-36-35-19-9-10-22-38(35)46-39(36)37)31-16-11-15-30(27-31)34-18-8-7-17-33(34)28-13-5-4-6-14-28/h4-27H,1-3H3. The average Bonchev–Trinajstić information content (AvgIpc) is 3.51. The van der Waals surface area contributed by atoms with E-state index in [0.717, 1.165) is 49.8 Å². The maximum Gasteiger partial charge on any atom is 0.167 e. The molecule has 0 atom stereocenters. The lowest BCUT2D eigenvalue weighted by Crippen LogP contribution is -2.37. The van der Waals surface area contributed by atoms with Gasteiger partial charge in [-0.25, -0.2) is 15.0 Å². The normalized spacial score (nSPS) is 11.7. The molecule has 0 amide bonds. The SMILES string of the molecule is C[Si](C)(C)c1ccc(-c2nc(-c3cccc(-c4ccccc4-c4ccccc4)c3)nc(-c3cccc4c3oc3ccccc34)n2)cc1. The van der Waals surface area contributed by atoms with E-state index in [1.165, 1.54) is 16.3 Å². The molecule has 8 rings (SSSR count). The van der Waals surface area contributed by atoms with E-state index < -0.39 is 8.07 Å². The van der Waals surface area contributed by atoms with Crippen LogP contribution in [0.5, 0.6) is 0 Å². The molecule has 0 saturated carbocycles. The molecule has 47 heavy (non-hydrogen) atoms. The van der Waals surface area contributed by atoms with E-state index in [-0.39, 0.29) is 0 Å². The molecule has 0 fully saturated rings. The lowest BCUT2D eigenvalue weighted by atomic mass is 9.94. The van der Waals surface area contributed by atoms with E-state index in [2.05, 4.69) is 129 Å². The second-order valence-electron chi connectivity index (χ2n) is 12.9. The number of rotatable bonds is 6. The van der Waals surface area contributed by atoms with E-state index in [0.29, 0.717) is 17.5 Å². The van der Waals surface area contributed by atoms with Gasteiger partial charge in [-0.1, -0.05) is 152 Å². The largest absolute Gasteiger partial charge is 0.455 e. The van der Waals surface area contributed by atoms with Gasteiger partial charge in [0.1, 0.15) is 11.2 Å². The summed E-state index contributed by atoms with van der Waals surface area (Å²) in [5, 5.41) is 3.51. The van der Waals surface area contributed by atoms with Gasteiger partial charge in [0.25, 0.3) is 0 Å². The second-order valence-corrected chi connectivity index (χ2v) is 18.0. The Kier molecular flexibility index (Phi) is 7.11. The van der Waals surface area contributed by atoms with Crippen LogP contribution in [0.3, 0.4) is 0 Å². The Balaban J connectivity index is 1.31. The first kappa shape index (κ1) is 28.8. The fraction of sp³-hybridized carbons (Fsp3) is 0.0714. The van der Waals surface area contributed by atoms with Gasteiger partial charge in [0.2, 0.25) is 0 Å². The first-order chi connectivity index (χ1) is 22.9. The summed E-state index contributed by atoms with van der Waals surface area (Å²) in [5.74, 6) is 1.83. The van der Waals surface area contributed by atoms with E-state index in [1.807, 2.05) is 36.4 Å². The van der Waals surface area contributed by atoms with Crippen LogP contribution in [0.1, 0.15) is 0 Å². The maximum atomic E-state index is 6.42. The van der Waals surface area contributed by atoms with Crippen molar-refractivity contribution in [2.24, 2.45) is 0 Å². The van der Waals surface area contributed by atoms with Gasteiger partial charge in [-0.15, -0.1) is 0 Å². The molecule has 0 N–H and O–H groups in total. The van der Waals surface area contributed by atoms with Crippen molar-refractivity contribution < 1.29 is 4.42 Å². The van der Waals surface area contributed by atoms with E-state index in [9.17, 15) is 0 Å². The third kappa shape index (κ3) is 5.45. The molecule has 0 spiro atoms. The molecule has 0 saturated heterocycles. The Morgan fingerprint density at radius 2 is 0.979 bits per heavy atom. The summed E-state index contributed by atoms with van der Waals surface area (Å²) in [7, 11) is -1.46. The van der Waals surface area contributed by atoms with Gasteiger partial charge in [0, 0.05) is 21.9 Å². The highest BCUT2D eigenvalue weighted by Gasteiger charge is 2.20. The summed E-state index contributed by atoms with van der Waals surface area (Å²) in [6, 6.07) is 50.6. The highest BCUT2D eigenvalue weighted by Crippen LogP contribution is 2.37. The van der Waals surface area contributed by atoms with Crippen LogP contribution in [0.15, 0.2) is 150 Å². The average molecular weight is 624 g/mol. The van der Waals surface area contributed by atoms with Crippen molar-refractivity contribution in [3.8, 4) is 56.4 Å². The van der Waals surface area contributed by atoms with Crippen LogP contribution in [0.25, 0.3) is 78.4 Å². The molecule has 5 heteroatoms. The van der Waals surface area contributed by atoms with Crippen LogP contribution in [-0.4, -0.2) is 23.0 Å². The highest BCUT2D eigenvalue weighted by molar-refractivity contribution is 6.88. The van der Waals surface area contributed by atoms with Gasteiger partial charge in [-0.3, -0.25) is 0 Å². The molecule has 0 radical (unpaired) electrons. The molecule has 0 aliphatic carbocycles. The van der Waals surface area contributed by atoms with Crippen LogP contribution in [0.2, 0.25) is 19.6 Å². The quantitative estimate of drug-likeness (QED) is 0.173. The first-order valence-electron chi connectivity index (χ1n) is 16.0. The summed E-state index contributed by atoms with van der Waals surface area (Å²) in [4.78, 5) is 15.3. The molecular weight excluding hydrogens is 591 g/mol. The lowest BCUT2D eigenvalue weighted by molar-refractivity contribution is 0.669. The molecule has 0 unspecified atom stereocenters. The smallest absolute Gasteiger partial charge is 0.167 e. The molecule has 0 aliphatic heterocycles. The Hall–Kier alpha value is -5.65. The lowest BCUT2D eigenvalue weighted by Gasteiger charge is -2.16. The fourth-order valence-corrected chi connectivity index (χ4v) is 7.39. The van der Waals surface area contributed by atoms with Crippen LogP contribution in [-0.2, 0) is 0 Å². The van der Waals surface area contributed by atoms with Crippen molar-refractivity contribution in [3.05, 3.63) is 146 Å². The maximum absolute atomic E-state index is 6.42. The number of furan rings is 1. The van der Waals surface area contributed by atoms with Crippen molar-refractivity contribution in [3.63, 3.8) is 0 Å². The first-order valence-corrected chi connectivity index (χ1v) is 19.5. The molecule has 6 aromatic carbocycles. The van der Waals surface area contributed by atoms with Gasteiger partial charge < -0.3 is 4.42 Å². The topological polar surface area (TPSA) is 51.8 Å². The number of hydrogen-bond donors (Lipinski definition) is 0. The Morgan fingerprint density at radius 1 is 0.426 bits per heavy atom. The molecule has 0 bridgehead atoms. The number of para-hydroxylation sites is 2. The summed E-state index contributed by atoms with van der Waals surface area (Å²) in [6.07, 6.45) is 0. The van der Waals surface area contributed by atoms with Crippen molar-refractivity contribution >= 4 is 35.2 Å². The predicted molar refractivity (Wildman–Crippen MR) is 197 cm³/mol. The molecule has 2 heterocycles. The van der Waals surface area contributed by atoms with Crippen molar-refractivity contribution in [1.29, 1.82) is 0 Å². The van der Waals surface area contributed by atoms with Crippen LogP contribution >= 0.6 is 0 Å². The fourth-order valence-electron chi connectivity index (χ4n) is 6.23. The van der Waals surface area contributed by atoms with Crippen LogP contribution in [0.4, 0.5) is 0 Å². The van der Waals surface area contributed by atoms with E-state index >= 15 is 0 Å². The third-order valence-corrected chi connectivity index (χ3v) is 10.8. The van der Waals surface area contributed by atoms with E-state index in [1.54, 1.807) is 0 Å². The molecule has 2 aromatic heterocycles. The minimum atomic E-state index is -1.46. The zero-order valence-electron chi connectivity index (χ0n) is 26.6. The molecule has 8 aromatic rings. The zero-order valence-corrected chi connectivity index (χ0v) is 27.6. The zero-order chi connectivity index (χ0) is 32.0. The van der Waals surface area contributed by atoms with Gasteiger partial charge in [-0.2, -0.15) is 0 Å². The Morgan fingerprint density at radius 3 is 1.74 bits per heavy atom. The predicted octanol–water partition coefficient (Wildman–Crippen LogP) is 10.7. The number of hydrogen-bond acceptors (Lipinski definition) is 4. The third-order valence-electron chi connectivity index (χ3n) is 8.73.